The average Bonchev–Trinajstić information content (AvgIpc) is 3.54. The van der Waals surface area contributed by atoms with E-state index < -0.39 is 0 Å². The summed E-state index contributed by atoms with van der Waals surface area (Å²) in [6.07, 6.45) is 5.64. The fourth-order valence-electron chi connectivity index (χ4n) is 4.78. The smallest absolute Gasteiger partial charge is 0.271 e. The summed E-state index contributed by atoms with van der Waals surface area (Å²) in [4.78, 5) is 33.0. The van der Waals surface area contributed by atoms with Crippen molar-refractivity contribution >= 4 is 45.3 Å². The van der Waals surface area contributed by atoms with E-state index in [1.807, 2.05) is 25.1 Å². The Kier molecular flexibility index (Phi) is 6.43. The maximum Gasteiger partial charge on any atom is 0.271 e. The summed E-state index contributed by atoms with van der Waals surface area (Å²) in [5, 5.41) is 5.40. The van der Waals surface area contributed by atoms with Crippen molar-refractivity contribution in [1.82, 2.24) is 15.0 Å². The molecule has 5 aromatic rings. The number of nitrogens with zero attached hydrogens (tertiary/aromatic N) is 3. The van der Waals surface area contributed by atoms with E-state index in [-0.39, 0.29) is 11.5 Å². The molecular formula is C29H23ClN4O3S. The zero-order valence-electron chi connectivity index (χ0n) is 20.5. The molecule has 0 fully saturated rings. The van der Waals surface area contributed by atoms with Crippen LogP contribution in [0.2, 0.25) is 5.02 Å². The van der Waals surface area contributed by atoms with Gasteiger partial charge in [-0.2, -0.15) is 5.10 Å². The Morgan fingerprint density at radius 3 is 2.63 bits per heavy atom. The minimum absolute atomic E-state index is 0.0508. The second-order valence-corrected chi connectivity index (χ2v) is 10.7. The molecule has 0 saturated heterocycles. The number of amides is 1. The molecule has 1 N–H and O–H groups in total. The number of fused-ring (bicyclic) bond motifs is 3. The van der Waals surface area contributed by atoms with Crippen molar-refractivity contribution in [2.24, 2.45) is 5.10 Å². The van der Waals surface area contributed by atoms with Crippen molar-refractivity contribution in [1.29, 1.82) is 0 Å². The molecule has 3 heterocycles. The highest BCUT2D eigenvalue weighted by Crippen LogP contribution is 2.34. The van der Waals surface area contributed by atoms with E-state index >= 15 is 0 Å². The highest BCUT2D eigenvalue weighted by Gasteiger charge is 2.21. The number of aryl methyl sites for hydroxylation is 3. The van der Waals surface area contributed by atoms with Gasteiger partial charge in [0.25, 0.3) is 11.5 Å². The molecule has 38 heavy (non-hydrogen) atoms. The van der Waals surface area contributed by atoms with Gasteiger partial charge in [0.1, 0.15) is 22.2 Å². The largest absolute Gasteiger partial charge is 0.455 e. The summed E-state index contributed by atoms with van der Waals surface area (Å²) in [6.45, 7) is 1.84. The van der Waals surface area contributed by atoms with E-state index in [4.69, 9.17) is 21.0 Å². The number of carbonyl (C=O) groups is 1. The Morgan fingerprint density at radius 1 is 1.08 bits per heavy atom. The van der Waals surface area contributed by atoms with Gasteiger partial charge in [0, 0.05) is 21.0 Å². The Hall–Kier alpha value is -4.01. The number of hydrogen-bond acceptors (Lipinski definition) is 6. The van der Waals surface area contributed by atoms with Crippen molar-refractivity contribution in [3.05, 3.63) is 104 Å². The molecule has 1 amide bonds. The number of aromatic nitrogens is 2. The lowest BCUT2D eigenvalue weighted by molar-refractivity contribution is 0.0955. The van der Waals surface area contributed by atoms with Crippen LogP contribution < -0.4 is 11.0 Å². The SMILES string of the molecule is Cc1nc2sc3c(c2c(=O)n1-c1ccc(C(=O)N/N=C/c2ccc(-c4ccc(Cl)cc4)o2)cc1)CCCC3. The predicted molar refractivity (Wildman–Crippen MR) is 151 cm³/mol. The second kappa shape index (κ2) is 10.0. The number of hydrazone groups is 1. The third kappa shape index (κ3) is 4.57. The Morgan fingerprint density at radius 2 is 1.84 bits per heavy atom. The van der Waals surface area contributed by atoms with Gasteiger partial charge in [-0.15, -0.1) is 11.3 Å². The highest BCUT2D eigenvalue weighted by molar-refractivity contribution is 7.18. The van der Waals surface area contributed by atoms with Crippen molar-refractivity contribution in [3.63, 3.8) is 0 Å². The van der Waals surface area contributed by atoms with E-state index in [9.17, 15) is 9.59 Å². The zero-order valence-corrected chi connectivity index (χ0v) is 22.1. The molecule has 0 saturated carbocycles. The van der Waals surface area contributed by atoms with Crippen molar-refractivity contribution in [3.8, 4) is 17.0 Å². The molecule has 3 aromatic heterocycles. The standard InChI is InChI=1S/C29H23ClN4O3S/c1-17-32-28-26(23-4-2-3-5-25(23)38-28)29(36)34(17)21-12-8-19(9-13-21)27(35)33-31-16-22-14-15-24(37-22)18-6-10-20(30)11-7-18/h6-16H,2-5H2,1H3,(H,33,35)/b31-16+. The van der Waals surface area contributed by atoms with Crippen molar-refractivity contribution in [2.45, 2.75) is 32.6 Å². The summed E-state index contributed by atoms with van der Waals surface area (Å²) in [5.41, 5.74) is 5.60. The van der Waals surface area contributed by atoms with Crippen LogP contribution in [0.5, 0.6) is 0 Å². The van der Waals surface area contributed by atoms with Crippen LogP contribution in [0.1, 0.15) is 45.2 Å². The van der Waals surface area contributed by atoms with Gasteiger partial charge in [-0.1, -0.05) is 11.6 Å². The number of carbonyl (C=O) groups excluding carboxylic acids is 1. The Balaban J connectivity index is 1.18. The van der Waals surface area contributed by atoms with Crippen molar-refractivity contribution < 1.29 is 9.21 Å². The van der Waals surface area contributed by atoms with Gasteiger partial charge >= 0.3 is 0 Å². The van der Waals surface area contributed by atoms with Gasteiger partial charge in [0.05, 0.1) is 17.3 Å². The molecule has 0 atom stereocenters. The fraction of sp³-hybridized carbons (Fsp3) is 0.172. The van der Waals surface area contributed by atoms with Crippen LogP contribution in [0.4, 0.5) is 0 Å². The number of rotatable bonds is 5. The van der Waals surface area contributed by atoms with Crippen LogP contribution in [-0.4, -0.2) is 21.7 Å². The maximum absolute atomic E-state index is 13.5. The first-order valence-electron chi connectivity index (χ1n) is 12.3. The lowest BCUT2D eigenvalue weighted by atomic mass is 9.97. The predicted octanol–water partition coefficient (Wildman–Crippen LogP) is 6.31. The van der Waals surface area contributed by atoms with E-state index in [2.05, 4.69) is 10.5 Å². The molecule has 0 radical (unpaired) electrons. The van der Waals surface area contributed by atoms with Crippen LogP contribution in [0.3, 0.4) is 0 Å². The normalized spacial score (nSPS) is 13.2. The number of benzene rings is 2. The summed E-state index contributed by atoms with van der Waals surface area (Å²) in [6, 6.07) is 17.8. The first-order chi connectivity index (χ1) is 18.5. The van der Waals surface area contributed by atoms with E-state index in [1.165, 1.54) is 11.1 Å². The van der Waals surface area contributed by atoms with Gasteiger partial charge < -0.3 is 4.42 Å². The topological polar surface area (TPSA) is 89.5 Å². The minimum atomic E-state index is -0.373. The van der Waals surface area contributed by atoms with E-state index in [0.717, 1.165) is 47.0 Å². The first-order valence-corrected chi connectivity index (χ1v) is 13.5. The highest BCUT2D eigenvalue weighted by atomic mass is 35.5. The van der Waals surface area contributed by atoms with Crippen LogP contribution in [0.15, 0.2) is 75.0 Å². The monoisotopic (exact) mass is 542 g/mol. The van der Waals surface area contributed by atoms with Crippen LogP contribution in [-0.2, 0) is 12.8 Å². The van der Waals surface area contributed by atoms with Crippen molar-refractivity contribution in [2.75, 3.05) is 0 Å². The Labute approximate surface area is 227 Å². The summed E-state index contributed by atoms with van der Waals surface area (Å²) in [7, 11) is 0. The van der Waals surface area contributed by atoms with E-state index in [0.29, 0.717) is 33.6 Å². The maximum atomic E-state index is 13.5. The number of halogens is 1. The quantitative estimate of drug-likeness (QED) is 0.208. The zero-order chi connectivity index (χ0) is 26.2. The van der Waals surface area contributed by atoms with Gasteiger partial charge in [-0.3, -0.25) is 14.2 Å². The van der Waals surface area contributed by atoms with Crippen LogP contribution in [0, 0.1) is 6.92 Å². The minimum Gasteiger partial charge on any atom is -0.455 e. The van der Waals surface area contributed by atoms with Gasteiger partial charge in [0.15, 0.2) is 0 Å². The molecule has 9 heteroatoms. The fourth-order valence-corrected chi connectivity index (χ4v) is 6.21. The van der Waals surface area contributed by atoms with Gasteiger partial charge in [-0.05, 0) is 98.8 Å². The Bertz CT molecular complexity index is 1750. The number of hydrogen-bond donors (Lipinski definition) is 1. The van der Waals surface area contributed by atoms with Crippen LogP contribution in [0.25, 0.3) is 27.2 Å². The third-order valence-corrected chi connectivity index (χ3v) is 8.10. The molecule has 0 unspecified atom stereocenters. The third-order valence-electron chi connectivity index (χ3n) is 6.66. The molecule has 190 valence electrons. The lowest BCUT2D eigenvalue weighted by Gasteiger charge is -2.12. The molecule has 1 aliphatic rings. The summed E-state index contributed by atoms with van der Waals surface area (Å²) < 4.78 is 7.39. The average molecular weight is 543 g/mol. The molecule has 2 aromatic carbocycles. The summed E-state index contributed by atoms with van der Waals surface area (Å²) in [5.74, 6) is 1.42. The van der Waals surface area contributed by atoms with Crippen LogP contribution >= 0.6 is 22.9 Å². The van der Waals surface area contributed by atoms with Gasteiger partial charge in [0.2, 0.25) is 0 Å². The molecule has 0 bridgehead atoms. The van der Waals surface area contributed by atoms with E-state index in [1.54, 1.807) is 58.4 Å². The number of thiophene rings is 1. The molecule has 7 nitrogen and oxygen atoms in total. The molecule has 0 spiro atoms. The first kappa shape index (κ1) is 24.3. The molecule has 1 aliphatic carbocycles. The molecule has 6 rings (SSSR count). The molecular weight excluding hydrogens is 520 g/mol. The lowest BCUT2D eigenvalue weighted by Crippen LogP contribution is -2.23. The number of nitrogens with one attached hydrogen (secondary N) is 1. The van der Waals surface area contributed by atoms with Gasteiger partial charge in [-0.25, -0.2) is 10.4 Å². The summed E-state index contributed by atoms with van der Waals surface area (Å²) >= 11 is 7.58. The molecule has 0 aliphatic heterocycles. The second-order valence-electron chi connectivity index (χ2n) is 9.15. The number of furan rings is 1.